The number of hydrogen-bond acceptors (Lipinski definition) is 6. The van der Waals surface area contributed by atoms with Gasteiger partial charge in [-0.2, -0.15) is 5.10 Å². The number of benzene rings is 1. The maximum Gasteiger partial charge on any atom is 0.436 e. The molecule has 0 radical (unpaired) electrons. The first-order chi connectivity index (χ1) is 18.7. The number of anilines is 2. The third-order valence-corrected chi connectivity index (χ3v) is 12.2. The number of ether oxygens (including phenoxy) is 1. The number of nitrogens with zero attached hydrogens (tertiary/aromatic N) is 3. The van der Waals surface area contributed by atoms with Gasteiger partial charge in [-0.05, 0) is 57.3 Å². The van der Waals surface area contributed by atoms with Gasteiger partial charge in [-0.15, -0.1) is 4.68 Å². The zero-order valence-electron chi connectivity index (χ0n) is 23.4. The first-order valence-electron chi connectivity index (χ1n) is 13.3. The zero-order chi connectivity index (χ0) is 29.2. The highest BCUT2D eigenvalue weighted by Crippen LogP contribution is 2.56. The molecular weight excluding hydrogens is 557 g/mol. The van der Waals surface area contributed by atoms with Crippen molar-refractivity contribution in [3.63, 3.8) is 0 Å². The molecule has 1 fully saturated rings. The number of carbonyl (C=O) groups is 3. The Morgan fingerprint density at radius 1 is 1.20 bits per heavy atom. The third kappa shape index (κ3) is 4.28. The van der Waals surface area contributed by atoms with Crippen LogP contribution in [0.15, 0.2) is 22.6 Å². The largest absolute Gasteiger partial charge is 0.448 e. The Morgan fingerprint density at radius 2 is 1.90 bits per heavy atom. The second-order valence-corrected chi connectivity index (χ2v) is 17.7. The van der Waals surface area contributed by atoms with E-state index in [2.05, 4.69) is 35.4 Å². The predicted molar refractivity (Wildman–Crippen MR) is 152 cm³/mol. The molecule has 13 heteroatoms. The minimum atomic E-state index is -1.92. The Kier molecular flexibility index (Phi) is 6.77. The monoisotopic (exact) mass is 589 g/mol. The van der Waals surface area contributed by atoms with Crippen LogP contribution in [0.1, 0.15) is 51.3 Å². The first-order valence-corrected chi connectivity index (χ1v) is 17.2. The van der Waals surface area contributed by atoms with E-state index in [-0.39, 0.29) is 41.4 Å². The fraction of sp³-hybridized carbons (Fsp3) is 0.481. The Hall–Kier alpha value is -3.38. The molecule has 3 heterocycles. The van der Waals surface area contributed by atoms with Gasteiger partial charge in [0.25, 0.3) is 0 Å². The van der Waals surface area contributed by atoms with Gasteiger partial charge in [0.2, 0.25) is 5.91 Å². The van der Waals surface area contributed by atoms with Crippen molar-refractivity contribution in [3.8, 4) is 0 Å². The van der Waals surface area contributed by atoms with Crippen LogP contribution >= 0.6 is 11.6 Å². The molecule has 2 aromatic heterocycles. The second-order valence-electron chi connectivity index (χ2n) is 11.9. The lowest BCUT2D eigenvalue weighted by Gasteiger charge is -2.48. The summed E-state index contributed by atoms with van der Waals surface area (Å²) < 4.78 is 26.5. The summed E-state index contributed by atoms with van der Waals surface area (Å²) in [4.78, 5) is 41.7. The van der Waals surface area contributed by atoms with Gasteiger partial charge in [0.05, 0.1) is 32.5 Å². The third-order valence-electron chi connectivity index (χ3n) is 8.39. The lowest BCUT2D eigenvalue weighted by atomic mass is 9.83. The second kappa shape index (κ2) is 9.62. The van der Waals surface area contributed by atoms with Gasteiger partial charge in [-0.3, -0.25) is 4.79 Å². The average molecular weight is 590 g/mol. The Morgan fingerprint density at radius 3 is 2.50 bits per heavy atom. The Bertz CT molecular complexity index is 1540. The lowest BCUT2D eigenvalue weighted by molar-refractivity contribution is -0.121. The minimum absolute atomic E-state index is 0.0135. The molecule has 1 saturated carbocycles. The van der Waals surface area contributed by atoms with Crippen molar-refractivity contribution in [2.24, 2.45) is 0 Å². The Balaban J connectivity index is 1.50. The Labute approximate surface area is 237 Å². The van der Waals surface area contributed by atoms with Crippen LogP contribution in [-0.4, -0.2) is 47.4 Å². The number of fused-ring (bicyclic) bond motifs is 2. The van der Waals surface area contributed by atoms with Gasteiger partial charge in [0, 0.05) is 22.1 Å². The van der Waals surface area contributed by atoms with E-state index in [1.807, 2.05) is 0 Å². The molecule has 0 atom stereocenters. The van der Waals surface area contributed by atoms with E-state index >= 15 is 0 Å². The van der Waals surface area contributed by atoms with Crippen LogP contribution in [0.5, 0.6) is 0 Å². The summed E-state index contributed by atoms with van der Waals surface area (Å²) in [6, 6.07) is 3.65. The molecule has 10 nitrogen and oxygen atoms in total. The van der Waals surface area contributed by atoms with Crippen LogP contribution in [0.25, 0.3) is 11.0 Å². The SMILES string of the molecule is CCOC(=O)n1nc2c(c1NC(=O)C1([Si](C)(C)C)CCC1)CN(C(=O)Nc1c(F)ccc3cc(Cl)oc13)C2(C)C. The zero-order valence-corrected chi connectivity index (χ0v) is 25.2. The molecule has 3 aromatic rings. The quantitative estimate of drug-likeness (QED) is 0.312. The topological polar surface area (TPSA) is 119 Å². The van der Waals surface area contributed by atoms with E-state index in [4.69, 9.17) is 20.8 Å². The van der Waals surface area contributed by atoms with Gasteiger partial charge in [0.1, 0.15) is 11.5 Å². The van der Waals surface area contributed by atoms with E-state index in [1.54, 1.807) is 20.8 Å². The first kappa shape index (κ1) is 28.2. The molecule has 0 spiro atoms. The molecular formula is C27H33ClFN5O5Si. The molecule has 1 aliphatic carbocycles. The number of furan rings is 1. The van der Waals surface area contributed by atoms with Crippen molar-refractivity contribution < 1.29 is 27.9 Å². The normalized spacial score (nSPS) is 17.4. The minimum Gasteiger partial charge on any atom is -0.448 e. The van der Waals surface area contributed by atoms with E-state index in [1.165, 1.54) is 23.1 Å². The number of nitrogens with one attached hydrogen (secondary N) is 2. The molecule has 3 amide bonds. The van der Waals surface area contributed by atoms with Crippen LogP contribution in [-0.2, 0) is 21.6 Å². The molecule has 40 heavy (non-hydrogen) atoms. The summed E-state index contributed by atoms with van der Waals surface area (Å²) in [7, 11) is -1.92. The van der Waals surface area contributed by atoms with Crippen LogP contribution in [0.4, 0.5) is 25.5 Å². The standard InChI is InChI=1S/C27H33ClFN5O5Si/c1-7-38-25(37)34-22(31-23(35)27(11-8-12-27)40(4,5)6)16-14-33(26(2,3)21(16)32-34)24(36)30-19-17(29)10-9-15-13-18(28)39-20(15)19/h9-10,13H,7-8,11-12,14H2,1-6H3,(H,30,36)(H,31,35). The summed E-state index contributed by atoms with van der Waals surface area (Å²) in [5.41, 5.74) is -0.0882. The van der Waals surface area contributed by atoms with Gasteiger partial charge in [-0.1, -0.05) is 26.1 Å². The molecule has 0 unspecified atom stereocenters. The lowest BCUT2D eigenvalue weighted by Crippen LogP contribution is -2.52. The summed E-state index contributed by atoms with van der Waals surface area (Å²) in [5, 5.41) is 10.3. The van der Waals surface area contributed by atoms with Crippen molar-refractivity contribution in [1.29, 1.82) is 0 Å². The highest BCUT2D eigenvalue weighted by molar-refractivity contribution is 6.83. The highest BCUT2D eigenvalue weighted by atomic mass is 35.5. The molecule has 2 aliphatic rings. The number of amides is 3. The van der Waals surface area contributed by atoms with Crippen LogP contribution in [0.2, 0.25) is 29.9 Å². The highest BCUT2D eigenvalue weighted by Gasteiger charge is 2.54. The summed E-state index contributed by atoms with van der Waals surface area (Å²) in [5.74, 6) is -0.632. The van der Waals surface area contributed by atoms with Crippen LogP contribution in [0, 0.1) is 5.82 Å². The number of aromatic nitrogens is 2. The molecule has 0 bridgehead atoms. The number of halogens is 2. The van der Waals surface area contributed by atoms with Gasteiger partial charge < -0.3 is 24.7 Å². The fourth-order valence-electron chi connectivity index (χ4n) is 5.76. The molecule has 1 aliphatic heterocycles. The van der Waals surface area contributed by atoms with Crippen molar-refractivity contribution >= 4 is 60.2 Å². The van der Waals surface area contributed by atoms with Crippen molar-refractivity contribution in [2.75, 3.05) is 17.2 Å². The van der Waals surface area contributed by atoms with Gasteiger partial charge in [-0.25, -0.2) is 14.0 Å². The van der Waals surface area contributed by atoms with Crippen molar-refractivity contribution in [2.45, 2.75) is 76.8 Å². The van der Waals surface area contributed by atoms with E-state index in [9.17, 15) is 18.8 Å². The maximum absolute atomic E-state index is 14.8. The smallest absolute Gasteiger partial charge is 0.436 e. The van der Waals surface area contributed by atoms with E-state index < -0.39 is 36.6 Å². The average Bonchev–Trinajstić information content (AvgIpc) is 3.45. The number of rotatable bonds is 5. The summed E-state index contributed by atoms with van der Waals surface area (Å²) >= 11 is 5.97. The molecule has 0 saturated heterocycles. The van der Waals surface area contributed by atoms with Crippen molar-refractivity contribution in [1.82, 2.24) is 14.7 Å². The maximum atomic E-state index is 14.8. The molecule has 5 rings (SSSR count). The molecule has 2 N–H and O–H groups in total. The van der Waals surface area contributed by atoms with E-state index in [0.717, 1.165) is 23.9 Å². The predicted octanol–water partition coefficient (Wildman–Crippen LogP) is 6.91. The fourth-order valence-corrected chi connectivity index (χ4v) is 8.55. The number of carbonyl (C=O) groups excluding carboxylic acids is 3. The van der Waals surface area contributed by atoms with E-state index in [0.29, 0.717) is 16.6 Å². The van der Waals surface area contributed by atoms with Crippen LogP contribution < -0.4 is 10.6 Å². The van der Waals surface area contributed by atoms with Crippen molar-refractivity contribution in [3.05, 3.63) is 40.5 Å². The number of urea groups is 1. The summed E-state index contributed by atoms with van der Waals surface area (Å²) in [6.07, 6.45) is 1.83. The van der Waals surface area contributed by atoms with Gasteiger partial charge >= 0.3 is 12.1 Å². The molecule has 214 valence electrons. The van der Waals surface area contributed by atoms with Gasteiger partial charge in [0.15, 0.2) is 16.6 Å². The molecule has 1 aromatic carbocycles. The number of hydrogen-bond donors (Lipinski definition) is 2. The van der Waals surface area contributed by atoms with Crippen LogP contribution in [0.3, 0.4) is 0 Å². The summed E-state index contributed by atoms with van der Waals surface area (Å²) in [6.45, 7) is 11.9.